The average Bonchev–Trinajstić information content (AvgIpc) is 2.59. The number of carbonyl (C=O) groups excluding carboxylic acids is 1. The van der Waals surface area contributed by atoms with Gasteiger partial charge < -0.3 is 5.32 Å². The van der Waals surface area contributed by atoms with Crippen LogP contribution in [0.4, 0.5) is 5.69 Å². The lowest BCUT2D eigenvalue weighted by atomic mass is 10.1. The van der Waals surface area contributed by atoms with Gasteiger partial charge in [0.15, 0.2) is 0 Å². The third-order valence-corrected chi connectivity index (χ3v) is 6.30. The second kappa shape index (κ2) is 8.14. The first-order valence-corrected chi connectivity index (χ1v) is 10.6. The van der Waals surface area contributed by atoms with Crippen molar-refractivity contribution in [1.82, 2.24) is 5.32 Å². The summed E-state index contributed by atoms with van der Waals surface area (Å²) in [5.41, 5.74) is 0.335. The number of hydrogen-bond donors (Lipinski definition) is 1. The SMILES string of the molecule is CN(c1ccccc1)S(=O)(=O)c1ccc(SCC(=O)NC(C)(C)C)cc1. The van der Waals surface area contributed by atoms with Crippen LogP contribution in [0.1, 0.15) is 20.8 Å². The number of sulfonamides is 1. The molecule has 0 heterocycles. The summed E-state index contributed by atoms with van der Waals surface area (Å²) in [6.45, 7) is 5.79. The Kier molecular flexibility index (Phi) is 6.36. The number of nitrogens with one attached hydrogen (secondary N) is 1. The van der Waals surface area contributed by atoms with Crippen molar-refractivity contribution < 1.29 is 13.2 Å². The molecule has 1 N–H and O–H groups in total. The number of carbonyl (C=O) groups is 1. The van der Waals surface area contributed by atoms with Gasteiger partial charge in [0.2, 0.25) is 5.91 Å². The van der Waals surface area contributed by atoms with Crippen LogP contribution in [0.15, 0.2) is 64.4 Å². The van der Waals surface area contributed by atoms with Crippen LogP contribution >= 0.6 is 11.8 Å². The van der Waals surface area contributed by atoms with E-state index in [-0.39, 0.29) is 22.1 Å². The molecule has 0 saturated carbocycles. The molecule has 0 radical (unpaired) electrons. The maximum atomic E-state index is 12.7. The highest BCUT2D eigenvalue weighted by molar-refractivity contribution is 8.00. The molecule has 0 bridgehead atoms. The first kappa shape index (κ1) is 20.3. The van der Waals surface area contributed by atoms with Crippen LogP contribution in [0, 0.1) is 0 Å². The predicted octanol–water partition coefficient (Wildman–Crippen LogP) is 3.52. The summed E-state index contributed by atoms with van der Waals surface area (Å²) >= 11 is 1.37. The minimum absolute atomic E-state index is 0.0528. The number of anilines is 1. The van der Waals surface area contributed by atoms with Gasteiger partial charge in [0.05, 0.1) is 16.3 Å². The van der Waals surface area contributed by atoms with E-state index in [1.54, 1.807) is 48.5 Å². The Hall–Kier alpha value is -1.99. The third kappa shape index (κ3) is 5.51. The van der Waals surface area contributed by atoms with Gasteiger partial charge in [0, 0.05) is 17.5 Å². The second-order valence-electron chi connectivity index (χ2n) is 6.87. The molecule has 7 heteroatoms. The van der Waals surface area contributed by atoms with E-state index < -0.39 is 10.0 Å². The molecule has 2 aromatic carbocycles. The minimum Gasteiger partial charge on any atom is -0.351 e. The van der Waals surface area contributed by atoms with Crippen LogP contribution in [0.2, 0.25) is 0 Å². The Labute approximate surface area is 159 Å². The summed E-state index contributed by atoms with van der Waals surface area (Å²) < 4.78 is 26.7. The second-order valence-corrected chi connectivity index (χ2v) is 9.88. The number of nitrogens with zero attached hydrogens (tertiary/aromatic N) is 1. The topological polar surface area (TPSA) is 66.5 Å². The summed E-state index contributed by atoms with van der Waals surface area (Å²) in [5.74, 6) is 0.232. The van der Waals surface area contributed by atoms with Gasteiger partial charge in [-0.3, -0.25) is 9.10 Å². The summed E-state index contributed by atoms with van der Waals surface area (Å²) in [7, 11) is -2.09. The standard InChI is InChI=1S/C19H24N2O3S2/c1-19(2,3)20-18(22)14-25-16-10-12-17(13-11-16)26(23,24)21(4)15-8-6-5-7-9-15/h5-13H,14H2,1-4H3,(H,20,22). The minimum atomic E-state index is -3.62. The van der Waals surface area contributed by atoms with E-state index in [0.29, 0.717) is 5.69 Å². The highest BCUT2D eigenvalue weighted by Crippen LogP contribution is 2.24. The molecule has 1 amide bonds. The Morgan fingerprint density at radius 2 is 1.62 bits per heavy atom. The largest absolute Gasteiger partial charge is 0.351 e. The van der Waals surface area contributed by atoms with Crippen LogP contribution in [-0.2, 0) is 14.8 Å². The number of thioether (sulfide) groups is 1. The first-order valence-electron chi connectivity index (χ1n) is 8.17. The zero-order chi connectivity index (χ0) is 19.4. The number of amides is 1. The highest BCUT2D eigenvalue weighted by Gasteiger charge is 2.21. The number of rotatable bonds is 6. The summed E-state index contributed by atoms with van der Waals surface area (Å²) in [5, 5.41) is 2.90. The first-order chi connectivity index (χ1) is 12.1. The van der Waals surface area contributed by atoms with Crippen LogP contribution in [0.25, 0.3) is 0 Å². The fourth-order valence-corrected chi connectivity index (χ4v) is 4.14. The zero-order valence-corrected chi connectivity index (χ0v) is 17.0. The predicted molar refractivity (Wildman–Crippen MR) is 107 cm³/mol. The van der Waals surface area contributed by atoms with Gasteiger partial charge >= 0.3 is 0 Å². The molecule has 5 nitrogen and oxygen atoms in total. The molecule has 26 heavy (non-hydrogen) atoms. The van der Waals surface area contributed by atoms with Gasteiger partial charge in [0.25, 0.3) is 10.0 Å². The van der Waals surface area contributed by atoms with Gasteiger partial charge in [-0.25, -0.2) is 8.42 Å². The molecular weight excluding hydrogens is 368 g/mol. The van der Waals surface area contributed by atoms with Gasteiger partial charge in [-0.2, -0.15) is 0 Å². The van der Waals surface area contributed by atoms with E-state index in [4.69, 9.17) is 0 Å². The summed E-state index contributed by atoms with van der Waals surface area (Å²) in [6, 6.07) is 15.5. The zero-order valence-electron chi connectivity index (χ0n) is 15.4. The van der Waals surface area contributed by atoms with Crippen LogP contribution < -0.4 is 9.62 Å². The number of benzene rings is 2. The Morgan fingerprint density at radius 1 is 1.04 bits per heavy atom. The fourth-order valence-electron chi connectivity index (χ4n) is 2.25. The van der Waals surface area contributed by atoms with E-state index in [9.17, 15) is 13.2 Å². The van der Waals surface area contributed by atoms with Gasteiger partial charge in [-0.15, -0.1) is 11.8 Å². The van der Waals surface area contributed by atoms with E-state index in [2.05, 4.69) is 5.32 Å². The molecule has 2 aromatic rings. The highest BCUT2D eigenvalue weighted by atomic mass is 32.2. The lowest BCUT2D eigenvalue weighted by molar-refractivity contribution is -0.119. The van der Waals surface area contributed by atoms with Crippen molar-refractivity contribution in [2.75, 3.05) is 17.1 Å². The number of para-hydroxylation sites is 1. The van der Waals surface area contributed by atoms with Crippen molar-refractivity contribution in [2.45, 2.75) is 36.1 Å². The van der Waals surface area contributed by atoms with Gasteiger partial charge in [0.1, 0.15) is 0 Å². The molecule has 0 spiro atoms. The normalized spacial score (nSPS) is 11.8. The lowest BCUT2D eigenvalue weighted by Gasteiger charge is -2.20. The molecule has 0 atom stereocenters. The van der Waals surface area contributed by atoms with Gasteiger partial charge in [-0.05, 0) is 57.2 Å². The van der Waals surface area contributed by atoms with Crippen LogP contribution in [0.3, 0.4) is 0 Å². The van der Waals surface area contributed by atoms with E-state index in [1.165, 1.54) is 23.1 Å². The number of hydrogen-bond acceptors (Lipinski definition) is 4. The Bertz CT molecular complexity index is 843. The fraction of sp³-hybridized carbons (Fsp3) is 0.316. The molecule has 0 aromatic heterocycles. The Morgan fingerprint density at radius 3 is 2.15 bits per heavy atom. The van der Waals surface area contributed by atoms with Crippen molar-refractivity contribution >= 4 is 33.4 Å². The molecule has 2 rings (SSSR count). The maximum Gasteiger partial charge on any atom is 0.264 e. The molecule has 0 fully saturated rings. The van der Waals surface area contributed by atoms with E-state index in [0.717, 1.165) is 4.90 Å². The quantitative estimate of drug-likeness (QED) is 0.764. The molecule has 0 saturated heterocycles. The van der Waals surface area contributed by atoms with Crippen LogP contribution in [0.5, 0.6) is 0 Å². The summed E-state index contributed by atoms with van der Waals surface area (Å²) in [4.78, 5) is 12.9. The molecule has 140 valence electrons. The Balaban J connectivity index is 2.05. The molecular formula is C19H24N2O3S2. The molecule has 0 aliphatic carbocycles. The van der Waals surface area contributed by atoms with Crippen LogP contribution in [-0.4, -0.2) is 32.7 Å². The van der Waals surface area contributed by atoms with Crippen molar-refractivity contribution in [3.05, 3.63) is 54.6 Å². The van der Waals surface area contributed by atoms with Crippen molar-refractivity contribution in [1.29, 1.82) is 0 Å². The van der Waals surface area contributed by atoms with E-state index in [1.807, 2.05) is 26.8 Å². The molecule has 0 aliphatic rings. The molecule has 0 unspecified atom stereocenters. The smallest absolute Gasteiger partial charge is 0.264 e. The molecule has 0 aliphatic heterocycles. The lowest BCUT2D eigenvalue weighted by Crippen LogP contribution is -2.41. The van der Waals surface area contributed by atoms with Crippen molar-refractivity contribution in [3.8, 4) is 0 Å². The van der Waals surface area contributed by atoms with Gasteiger partial charge in [-0.1, -0.05) is 18.2 Å². The summed E-state index contributed by atoms with van der Waals surface area (Å²) in [6.07, 6.45) is 0. The maximum absolute atomic E-state index is 12.7. The van der Waals surface area contributed by atoms with E-state index >= 15 is 0 Å². The third-order valence-electron chi connectivity index (χ3n) is 3.49. The average molecular weight is 393 g/mol. The monoisotopic (exact) mass is 392 g/mol. The van der Waals surface area contributed by atoms with Crippen molar-refractivity contribution in [3.63, 3.8) is 0 Å². The van der Waals surface area contributed by atoms with Crippen molar-refractivity contribution in [2.24, 2.45) is 0 Å².